The molecular weight excluding hydrogens is 250 g/mol. The summed E-state index contributed by atoms with van der Waals surface area (Å²) in [4.78, 5) is 11.8. The molecule has 0 fully saturated rings. The number of hydrogen-bond acceptors (Lipinski definition) is 4. The summed E-state index contributed by atoms with van der Waals surface area (Å²) in [5.74, 6) is 1.09. The first-order chi connectivity index (χ1) is 8.54. The van der Waals surface area contributed by atoms with E-state index in [0.717, 1.165) is 5.82 Å². The summed E-state index contributed by atoms with van der Waals surface area (Å²) in [7, 11) is 0. The number of aromatic nitrogens is 2. The van der Waals surface area contributed by atoms with Crippen molar-refractivity contribution >= 4 is 23.5 Å². The molecule has 18 heavy (non-hydrogen) atoms. The van der Waals surface area contributed by atoms with E-state index in [2.05, 4.69) is 10.4 Å². The van der Waals surface area contributed by atoms with Crippen LogP contribution in [0.2, 0.25) is 0 Å². The SMILES string of the molecule is CC(CCO)SCC(=O)Nc1ccnn1C(C)C. The molecule has 0 aliphatic carbocycles. The molecule has 1 aromatic heterocycles. The van der Waals surface area contributed by atoms with E-state index in [9.17, 15) is 4.79 Å². The highest BCUT2D eigenvalue weighted by Crippen LogP contribution is 2.16. The second-order valence-corrected chi connectivity index (χ2v) is 5.86. The van der Waals surface area contributed by atoms with E-state index in [1.54, 1.807) is 28.7 Å². The maximum Gasteiger partial charge on any atom is 0.235 e. The van der Waals surface area contributed by atoms with Gasteiger partial charge in [-0.15, -0.1) is 11.8 Å². The lowest BCUT2D eigenvalue weighted by Gasteiger charge is -2.12. The molecule has 1 amide bonds. The van der Waals surface area contributed by atoms with Gasteiger partial charge in [0.2, 0.25) is 5.91 Å². The lowest BCUT2D eigenvalue weighted by molar-refractivity contribution is -0.113. The minimum atomic E-state index is -0.0350. The van der Waals surface area contributed by atoms with Gasteiger partial charge < -0.3 is 10.4 Å². The molecular formula is C12H21N3O2S. The first-order valence-corrected chi connectivity index (χ1v) is 7.15. The fraction of sp³-hybridized carbons (Fsp3) is 0.667. The molecule has 0 spiro atoms. The predicted octanol–water partition coefficient (Wildman–Crippen LogP) is 1.91. The Balaban J connectivity index is 2.42. The van der Waals surface area contributed by atoms with Crippen LogP contribution in [-0.4, -0.2) is 38.4 Å². The highest BCUT2D eigenvalue weighted by molar-refractivity contribution is 8.00. The standard InChI is InChI=1S/C12H21N3O2S/c1-9(2)15-11(4-6-13-15)14-12(17)8-18-10(3)5-7-16/h4,6,9-10,16H,5,7-8H2,1-3H3,(H,14,17). The van der Waals surface area contributed by atoms with E-state index < -0.39 is 0 Å². The zero-order chi connectivity index (χ0) is 13.5. The minimum absolute atomic E-state index is 0.0350. The van der Waals surface area contributed by atoms with Gasteiger partial charge in [-0.3, -0.25) is 4.79 Å². The number of amides is 1. The Morgan fingerprint density at radius 1 is 1.56 bits per heavy atom. The second kappa shape index (κ2) is 7.43. The topological polar surface area (TPSA) is 67.2 Å². The number of carbonyl (C=O) groups excluding carboxylic acids is 1. The molecule has 0 saturated heterocycles. The van der Waals surface area contributed by atoms with Crippen molar-refractivity contribution in [3.05, 3.63) is 12.3 Å². The molecule has 0 saturated carbocycles. The number of aliphatic hydroxyl groups is 1. The van der Waals surface area contributed by atoms with Crippen LogP contribution in [0.15, 0.2) is 12.3 Å². The average molecular weight is 271 g/mol. The molecule has 0 aliphatic rings. The fourth-order valence-corrected chi connectivity index (χ4v) is 2.27. The minimum Gasteiger partial charge on any atom is -0.396 e. The van der Waals surface area contributed by atoms with Crippen LogP contribution in [0.4, 0.5) is 5.82 Å². The van der Waals surface area contributed by atoms with Gasteiger partial charge in [-0.2, -0.15) is 5.10 Å². The monoisotopic (exact) mass is 271 g/mol. The Labute approximate surface area is 112 Å². The van der Waals surface area contributed by atoms with Crippen LogP contribution >= 0.6 is 11.8 Å². The predicted molar refractivity (Wildman–Crippen MR) is 74.9 cm³/mol. The third-order valence-corrected chi connectivity index (χ3v) is 3.70. The summed E-state index contributed by atoms with van der Waals surface area (Å²) in [6.45, 7) is 6.20. The Kier molecular flexibility index (Phi) is 6.21. The lowest BCUT2D eigenvalue weighted by atomic mass is 10.3. The molecule has 0 radical (unpaired) electrons. The molecule has 2 N–H and O–H groups in total. The van der Waals surface area contributed by atoms with E-state index in [1.165, 1.54) is 0 Å². The van der Waals surface area contributed by atoms with Crippen LogP contribution in [0.1, 0.15) is 33.2 Å². The van der Waals surface area contributed by atoms with E-state index in [4.69, 9.17) is 5.11 Å². The van der Waals surface area contributed by atoms with Crippen molar-refractivity contribution in [3.8, 4) is 0 Å². The number of nitrogens with one attached hydrogen (secondary N) is 1. The first kappa shape index (κ1) is 15.0. The molecule has 1 unspecified atom stereocenters. The van der Waals surface area contributed by atoms with Gasteiger partial charge in [-0.05, 0) is 20.3 Å². The zero-order valence-corrected chi connectivity index (χ0v) is 11.9. The van der Waals surface area contributed by atoms with Crippen molar-refractivity contribution in [2.45, 2.75) is 38.5 Å². The van der Waals surface area contributed by atoms with Crippen LogP contribution in [0.5, 0.6) is 0 Å². The summed E-state index contributed by atoms with van der Waals surface area (Å²) < 4.78 is 1.78. The summed E-state index contributed by atoms with van der Waals surface area (Å²) in [5.41, 5.74) is 0. The number of thioether (sulfide) groups is 1. The van der Waals surface area contributed by atoms with Gasteiger partial charge in [0.1, 0.15) is 5.82 Å². The fourth-order valence-electron chi connectivity index (χ4n) is 1.49. The highest BCUT2D eigenvalue weighted by atomic mass is 32.2. The highest BCUT2D eigenvalue weighted by Gasteiger charge is 2.11. The Bertz CT molecular complexity index is 379. The van der Waals surface area contributed by atoms with Crippen LogP contribution < -0.4 is 5.32 Å². The molecule has 0 bridgehead atoms. The maximum absolute atomic E-state index is 11.8. The van der Waals surface area contributed by atoms with Crippen molar-refractivity contribution in [3.63, 3.8) is 0 Å². The normalized spacial score (nSPS) is 12.7. The van der Waals surface area contributed by atoms with Gasteiger partial charge in [0.25, 0.3) is 0 Å². The molecule has 0 aromatic carbocycles. The Morgan fingerprint density at radius 2 is 2.28 bits per heavy atom. The molecule has 1 atom stereocenters. The van der Waals surface area contributed by atoms with E-state index in [1.807, 2.05) is 20.8 Å². The van der Waals surface area contributed by atoms with Crippen molar-refractivity contribution in [2.24, 2.45) is 0 Å². The quantitative estimate of drug-likeness (QED) is 0.795. The number of anilines is 1. The Hall–Kier alpha value is -1.01. The summed E-state index contributed by atoms with van der Waals surface area (Å²) in [5, 5.41) is 16.1. The first-order valence-electron chi connectivity index (χ1n) is 6.10. The van der Waals surface area contributed by atoms with Crippen molar-refractivity contribution in [2.75, 3.05) is 17.7 Å². The summed E-state index contributed by atoms with van der Waals surface area (Å²) in [6.07, 6.45) is 2.39. The number of rotatable bonds is 7. The number of nitrogens with zero attached hydrogens (tertiary/aromatic N) is 2. The van der Waals surface area contributed by atoms with Gasteiger partial charge in [0.05, 0.1) is 11.9 Å². The smallest absolute Gasteiger partial charge is 0.235 e. The molecule has 1 rings (SSSR count). The van der Waals surface area contributed by atoms with Crippen molar-refractivity contribution in [1.82, 2.24) is 9.78 Å². The van der Waals surface area contributed by atoms with Gasteiger partial charge >= 0.3 is 0 Å². The number of aliphatic hydroxyl groups excluding tert-OH is 1. The van der Waals surface area contributed by atoms with E-state index in [0.29, 0.717) is 12.2 Å². The van der Waals surface area contributed by atoms with Crippen LogP contribution in [0, 0.1) is 0 Å². The molecule has 0 aliphatic heterocycles. The second-order valence-electron chi connectivity index (χ2n) is 4.44. The Morgan fingerprint density at radius 3 is 2.89 bits per heavy atom. The van der Waals surface area contributed by atoms with Crippen LogP contribution in [-0.2, 0) is 4.79 Å². The van der Waals surface area contributed by atoms with E-state index in [-0.39, 0.29) is 23.8 Å². The van der Waals surface area contributed by atoms with Crippen molar-refractivity contribution in [1.29, 1.82) is 0 Å². The van der Waals surface area contributed by atoms with Gasteiger partial charge in [-0.1, -0.05) is 6.92 Å². The molecule has 1 aromatic rings. The third kappa shape index (κ3) is 4.70. The van der Waals surface area contributed by atoms with Crippen LogP contribution in [0.3, 0.4) is 0 Å². The molecule has 6 heteroatoms. The average Bonchev–Trinajstić information content (AvgIpc) is 2.75. The van der Waals surface area contributed by atoms with E-state index >= 15 is 0 Å². The zero-order valence-electron chi connectivity index (χ0n) is 11.1. The lowest BCUT2D eigenvalue weighted by Crippen LogP contribution is -2.19. The number of carbonyl (C=O) groups is 1. The molecule has 5 nitrogen and oxygen atoms in total. The van der Waals surface area contributed by atoms with Gasteiger partial charge in [0, 0.05) is 24.0 Å². The largest absolute Gasteiger partial charge is 0.396 e. The maximum atomic E-state index is 11.8. The van der Waals surface area contributed by atoms with Crippen LogP contribution in [0.25, 0.3) is 0 Å². The van der Waals surface area contributed by atoms with Crippen molar-refractivity contribution < 1.29 is 9.90 Å². The molecule has 1 heterocycles. The van der Waals surface area contributed by atoms with Gasteiger partial charge in [0.15, 0.2) is 0 Å². The third-order valence-electron chi connectivity index (χ3n) is 2.46. The molecule has 102 valence electrons. The summed E-state index contributed by atoms with van der Waals surface area (Å²) in [6, 6.07) is 2.01. The van der Waals surface area contributed by atoms with Gasteiger partial charge in [-0.25, -0.2) is 4.68 Å². The summed E-state index contributed by atoms with van der Waals surface area (Å²) >= 11 is 1.54. The number of hydrogen-bond donors (Lipinski definition) is 2.